The van der Waals surface area contributed by atoms with Crippen LogP contribution in [0.25, 0.3) is 0 Å². The molecule has 0 aliphatic heterocycles. The van der Waals surface area contributed by atoms with E-state index < -0.39 is 24.5 Å². The number of methoxy groups -OCH3 is 1. The topological polar surface area (TPSA) is 55.6 Å². The lowest BCUT2D eigenvalue weighted by Crippen LogP contribution is -2.34. The van der Waals surface area contributed by atoms with Gasteiger partial charge in [0.05, 0.1) is 18.4 Å². The molecule has 1 aromatic carbocycles. The maximum atomic E-state index is 13.8. The van der Waals surface area contributed by atoms with Crippen molar-refractivity contribution in [3.05, 3.63) is 23.5 Å². The number of carbonyl (C=O) groups is 1. The molecule has 1 aromatic rings. The molecule has 0 amide bonds. The minimum Gasteiger partial charge on any atom is -0.465 e. The molecule has 0 aromatic heterocycles. The van der Waals surface area contributed by atoms with Gasteiger partial charge in [-0.25, -0.2) is 9.18 Å². The van der Waals surface area contributed by atoms with Crippen LogP contribution in [0.2, 0.25) is 0 Å². The van der Waals surface area contributed by atoms with Crippen molar-refractivity contribution in [2.75, 3.05) is 30.8 Å². The Morgan fingerprint density at radius 2 is 2.00 bits per heavy atom. The van der Waals surface area contributed by atoms with E-state index in [-0.39, 0.29) is 23.5 Å². The number of esters is 1. The highest BCUT2D eigenvalue weighted by Crippen LogP contribution is 2.28. The molecule has 112 valence electrons. The van der Waals surface area contributed by atoms with Gasteiger partial charge in [-0.15, -0.1) is 0 Å². The molecule has 4 nitrogen and oxygen atoms in total. The zero-order valence-corrected chi connectivity index (χ0v) is 10.9. The zero-order chi connectivity index (χ0) is 15.5. The number of hydrogen-bond donors (Lipinski definition) is 1. The van der Waals surface area contributed by atoms with Gasteiger partial charge in [0.25, 0.3) is 0 Å². The van der Waals surface area contributed by atoms with E-state index in [0.717, 1.165) is 24.1 Å². The molecule has 0 radical (unpaired) electrons. The largest absolute Gasteiger partial charge is 0.465 e. The quantitative estimate of drug-likeness (QED) is 0.527. The van der Waals surface area contributed by atoms with Crippen LogP contribution in [0.5, 0.6) is 0 Å². The number of nitrogen functional groups attached to an aromatic ring is 1. The smallest absolute Gasteiger partial charge is 0.405 e. The van der Waals surface area contributed by atoms with E-state index >= 15 is 0 Å². The second kappa shape index (κ2) is 5.98. The molecule has 0 spiro atoms. The number of nitrogens with zero attached hydrogens (tertiary/aromatic N) is 1. The van der Waals surface area contributed by atoms with Crippen LogP contribution in [0, 0.1) is 5.82 Å². The lowest BCUT2D eigenvalue weighted by Gasteiger charge is -2.25. The summed E-state index contributed by atoms with van der Waals surface area (Å²) >= 11 is 0. The number of alkyl halides is 3. The Hall–Kier alpha value is -1.99. The monoisotopic (exact) mass is 294 g/mol. The normalized spacial score (nSPS) is 11.3. The molecule has 0 bridgehead atoms. The van der Waals surface area contributed by atoms with Crippen molar-refractivity contribution in [2.45, 2.75) is 13.1 Å². The average Bonchev–Trinajstić information content (AvgIpc) is 2.34. The van der Waals surface area contributed by atoms with E-state index in [1.807, 2.05) is 0 Å². The number of halogens is 4. The van der Waals surface area contributed by atoms with Crippen LogP contribution in [0.3, 0.4) is 0 Å². The Kier molecular flexibility index (Phi) is 4.80. The number of anilines is 2. The molecular formula is C12H14F4N2O2. The van der Waals surface area contributed by atoms with Crippen molar-refractivity contribution in [1.82, 2.24) is 0 Å². The summed E-state index contributed by atoms with van der Waals surface area (Å²) in [7, 11) is 1.10. The number of rotatable bonds is 4. The Morgan fingerprint density at radius 3 is 2.45 bits per heavy atom. The van der Waals surface area contributed by atoms with Gasteiger partial charge < -0.3 is 15.4 Å². The van der Waals surface area contributed by atoms with Crippen LogP contribution in [0.4, 0.5) is 28.9 Å². The molecule has 0 atom stereocenters. The first-order valence-corrected chi connectivity index (χ1v) is 5.68. The minimum atomic E-state index is -4.49. The molecule has 0 heterocycles. The van der Waals surface area contributed by atoms with Crippen molar-refractivity contribution in [2.24, 2.45) is 0 Å². The molecule has 0 unspecified atom stereocenters. The van der Waals surface area contributed by atoms with Crippen LogP contribution in [-0.2, 0) is 4.74 Å². The first kappa shape index (κ1) is 16.1. The summed E-state index contributed by atoms with van der Waals surface area (Å²) in [4.78, 5) is 12.2. The minimum absolute atomic E-state index is 0.0824. The Morgan fingerprint density at radius 1 is 1.40 bits per heavy atom. The molecule has 0 fully saturated rings. The summed E-state index contributed by atoms with van der Waals surface area (Å²) in [6, 6.07) is 1.77. The first-order valence-electron chi connectivity index (χ1n) is 5.68. The molecule has 0 aliphatic rings. The van der Waals surface area contributed by atoms with Crippen molar-refractivity contribution < 1.29 is 27.1 Å². The second-order valence-electron chi connectivity index (χ2n) is 4.01. The third-order valence-electron chi connectivity index (χ3n) is 2.62. The highest BCUT2D eigenvalue weighted by atomic mass is 19.4. The van der Waals surface area contributed by atoms with E-state index in [1.54, 1.807) is 0 Å². The summed E-state index contributed by atoms with van der Waals surface area (Å²) in [6.45, 7) is 0.0330. The van der Waals surface area contributed by atoms with Crippen LogP contribution in [0.15, 0.2) is 12.1 Å². The molecule has 8 heteroatoms. The summed E-state index contributed by atoms with van der Waals surface area (Å²) < 4.78 is 55.5. The van der Waals surface area contributed by atoms with Crippen LogP contribution >= 0.6 is 0 Å². The van der Waals surface area contributed by atoms with Crippen molar-refractivity contribution in [3.8, 4) is 0 Å². The third kappa shape index (κ3) is 3.75. The summed E-state index contributed by atoms with van der Waals surface area (Å²) in [5, 5.41) is 0. The molecule has 2 N–H and O–H groups in total. The Balaban J connectivity index is 3.25. The molecule has 0 aliphatic carbocycles. The van der Waals surface area contributed by atoms with Crippen LogP contribution in [-0.4, -0.2) is 32.3 Å². The lowest BCUT2D eigenvalue weighted by molar-refractivity contribution is -0.119. The predicted octanol–water partition coefficient (Wildman–Crippen LogP) is 2.58. The van der Waals surface area contributed by atoms with E-state index in [2.05, 4.69) is 4.74 Å². The summed E-state index contributed by atoms with van der Waals surface area (Å²) in [6.07, 6.45) is -4.49. The highest BCUT2D eigenvalue weighted by molar-refractivity contribution is 5.96. The van der Waals surface area contributed by atoms with Gasteiger partial charge in [-0.3, -0.25) is 0 Å². The molecule has 20 heavy (non-hydrogen) atoms. The van der Waals surface area contributed by atoms with Crippen LogP contribution in [0.1, 0.15) is 17.3 Å². The fourth-order valence-corrected chi connectivity index (χ4v) is 1.69. The van der Waals surface area contributed by atoms with Crippen LogP contribution < -0.4 is 10.6 Å². The first-order chi connectivity index (χ1) is 9.19. The molecule has 0 saturated heterocycles. The summed E-state index contributed by atoms with van der Waals surface area (Å²) in [5.41, 5.74) is 4.74. The maximum absolute atomic E-state index is 13.8. The van der Waals surface area contributed by atoms with E-state index in [9.17, 15) is 22.4 Å². The third-order valence-corrected chi connectivity index (χ3v) is 2.62. The number of hydrogen-bond acceptors (Lipinski definition) is 4. The standard InChI is InChI=1S/C12H14F4N2O2/c1-3-18(6-12(14,15)16)10-4-7(11(19)20-2)9(17)5-8(10)13/h4-5H,3,6,17H2,1-2H3. The van der Waals surface area contributed by atoms with Gasteiger partial charge in [0.15, 0.2) is 0 Å². The average molecular weight is 294 g/mol. The van der Waals surface area contributed by atoms with Gasteiger partial charge in [0, 0.05) is 12.2 Å². The SMILES string of the molecule is CCN(CC(F)(F)F)c1cc(C(=O)OC)c(N)cc1F. The van der Waals surface area contributed by atoms with Crippen molar-refractivity contribution in [3.63, 3.8) is 0 Å². The number of ether oxygens (including phenoxy) is 1. The van der Waals surface area contributed by atoms with Gasteiger partial charge in [0.2, 0.25) is 0 Å². The second-order valence-corrected chi connectivity index (χ2v) is 4.01. The van der Waals surface area contributed by atoms with E-state index in [4.69, 9.17) is 5.73 Å². The predicted molar refractivity (Wildman–Crippen MR) is 66.1 cm³/mol. The summed E-state index contributed by atoms with van der Waals surface area (Å²) in [5.74, 6) is -1.77. The van der Waals surface area contributed by atoms with Gasteiger partial charge in [-0.05, 0) is 19.1 Å². The Labute approximate surface area is 113 Å². The maximum Gasteiger partial charge on any atom is 0.405 e. The molecular weight excluding hydrogens is 280 g/mol. The molecule has 1 rings (SSSR count). The Bertz CT molecular complexity index is 503. The van der Waals surface area contributed by atoms with E-state index in [0.29, 0.717) is 0 Å². The fourth-order valence-electron chi connectivity index (χ4n) is 1.69. The van der Waals surface area contributed by atoms with Gasteiger partial charge in [-0.1, -0.05) is 0 Å². The highest BCUT2D eigenvalue weighted by Gasteiger charge is 2.31. The van der Waals surface area contributed by atoms with Gasteiger partial charge in [-0.2, -0.15) is 13.2 Å². The van der Waals surface area contributed by atoms with Crippen molar-refractivity contribution in [1.29, 1.82) is 0 Å². The van der Waals surface area contributed by atoms with E-state index in [1.165, 1.54) is 6.92 Å². The zero-order valence-electron chi connectivity index (χ0n) is 10.9. The lowest BCUT2D eigenvalue weighted by atomic mass is 10.1. The van der Waals surface area contributed by atoms with Crippen molar-refractivity contribution >= 4 is 17.3 Å². The number of nitrogens with two attached hydrogens (primary N) is 1. The number of carbonyl (C=O) groups excluding carboxylic acids is 1. The molecule has 0 saturated carbocycles. The van der Waals surface area contributed by atoms with Gasteiger partial charge in [0.1, 0.15) is 12.4 Å². The number of benzene rings is 1. The van der Waals surface area contributed by atoms with Gasteiger partial charge >= 0.3 is 12.1 Å². The fraction of sp³-hybridized carbons (Fsp3) is 0.417.